The van der Waals surface area contributed by atoms with Crippen LogP contribution >= 0.6 is 0 Å². The van der Waals surface area contributed by atoms with E-state index in [1.165, 1.54) is 0 Å². The third-order valence-corrected chi connectivity index (χ3v) is 2.60. The van der Waals surface area contributed by atoms with E-state index in [1.807, 2.05) is 39.1 Å². The second-order valence-electron chi connectivity index (χ2n) is 4.91. The number of hydrogen-bond acceptors (Lipinski definition) is 2. The molecule has 3 nitrogen and oxygen atoms in total. The van der Waals surface area contributed by atoms with E-state index < -0.39 is 6.10 Å². The number of aliphatic hydroxyl groups is 1. The smallest absolute Gasteiger partial charge is 0.137 e. The van der Waals surface area contributed by atoms with E-state index in [4.69, 9.17) is 0 Å². The van der Waals surface area contributed by atoms with Gasteiger partial charge < -0.3 is 10.1 Å². The summed E-state index contributed by atoms with van der Waals surface area (Å²) in [5.41, 5.74) is 1.59. The zero-order valence-electron chi connectivity index (χ0n) is 9.28. The van der Waals surface area contributed by atoms with Crippen molar-refractivity contribution in [2.75, 3.05) is 0 Å². The molecule has 80 valence electrons. The summed E-state index contributed by atoms with van der Waals surface area (Å²) in [7, 11) is 0. The first kappa shape index (κ1) is 10.2. The van der Waals surface area contributed by atoms with E-state index in [1.54, 1.807) is 6.20 Å². The maximum Gasteiger partial charge on any atom is 0.137 e. The highest BCUT2D eigenvalue weighted by atomic mass is 16.3. The molecule has 2 aromatic rings. The molecule has 0 aliphatic carbocycles. The maximum absolute atomic E-state index is 10.2. The van der Waals surface area contributed by atoms with Crippen molar-refractivity contribution in [3.05, 3.63) is 30.1 Å². The van der Waals surface area contributed by atoms with Crippen LogP contribution in [0.1, 0.15) is 32.4 Å². The van der Waals surface area contributed by atoms with E-state index in [-0.39, 0.29) is 5.41 Å². The van der Waals surface area contributed by atoms with Crippen molar-refractivity contribution in [2.24, 2.45) is 5.41 Å². The lowest BCUT2D eigenvalue weighted by Crippen LogP contribution is -2.17. The minimum absolute atomic E-state index is 0.162. The van der Waals surface area contributed by atoms with E-state index in [0.717, 1.165) is 16.6 Å². The van der Waals surface area contributed by atoms with Crippen molar-refractivity contribution in [1.82, 2.24) is 9.97 Å². The monoisotopic (exact) mass is 204 g/mol. The number of nitrogens with one attached hydrogen (secondary N) is 1. The lowest BCUT2D eigenvalue weighted by atomic mass is 9.85. The van der Waals surface area contributed by atoms with Crippen molar-refractivity contribution in [3.63, 3.8) is 0 Å². The van der Waals surface area contributed by atoms with Crippen LogP contribution in [-0.2, 0) is 0 Å². The zero-order valence-corrected chi connectivity index (χ0v) is 9.28. The Kier molecular flexibility index (Phi) is 2.27. The Balaban J connectivity index is 2.53. The van der Waals surface area contributed by atoms with Gasteiger partial charge in [-0.25, -0.2) is 4.98 Å². The first-order valence-electron chi connectivity index (χ1n) is 5.10. The van der Waals surface area contributed by atoms with Crippen LogP contribution in [0.15, 0.2) is 24.5 Å². The van der Waals surface area contributed by atoms with Gasteiger partial charge in [-0.2, -0.15) is 0 Å². The van der Waals surface area contributed by atoms with Gasteiger partial charge in [0.05, 0.1) is 6.10 Å². The Morgan fingerprint density at radius 2 is 2.13 bits per heavy atom. The van der Waals surface area contributed by atoms with Gasteiger partial charge in [0.2, 0.25) is 0 Å². The number of nitrogens with zero attached hydrogens (tertiary/aromatic N) is 1. The summed E-state index contributed by atoms with van der Waals surface area (Å²) < 4.78 is 0. The SMILES string of the molecule is CC(C)(C)C(O)c1c[nH]c2ncccc12. The Morgan fingerprint density at radius 1 is 1.40 bits per heavy atom. The van der Waals surface area contributed by atoms with Gasteiger partial charge in [0, 0.05) is 23.3 Å². The summed E-state index contributed by atoms with van der Waals surface area (Å²) >= 11 is 0. The van der Waals surface area contributed by atoms with Crippen molar-refractivity contribution < 1.29 is 5.11 Å². The molecular weight excluding hydrogens is 188 g/mol. The Hall–Kier alpha value is -1.35. The molecule has 2 heterocycles. The van der Waals surface area contributed by atoms with E-state index in [0.29, 0.717) is 0 Å². The molecule has 2 rings (SSSR count). The van der Waals surface area contributed by atoms with Gasteiger partial charge in [0.25, 0.3) is 0 Å². The van der Waals surface area contributed by atoms with Crippen molar-refractivity contribution >= 4 is 11.0 Å². The second kappa shape index (κ2) is 3.35. The molecule has 0 bridgehead atoms. The number of H-pyrrole nitrogens is 1. The van der Waals surface area contributed by atoms with Gasteiger partial charge in [-0.15, -0.1) is 0 Å². The highest BCUT2D eigenvalue weighted by Gasteiger charge is 2.26. The predicted octanol–water partition coefficient (Wildman–Crippen LogP) is 2.64. The highest BCUT2D eigenvalue weighted by molar-refractivity contribution is 5.79. The first-order chi connectivity index (χ1) is 7.00. The van der Waals surface area contributed by atoms with Crippen LogP contribution in [0.25, 0.3) is 11.0 Å². The number of aliphatic hydroxyl groups excluding tert-OH is 1. The summed E-state index contributed by atoms with van der Waals surface area (Å²) in [5, 5.41) is 11.2. The normalized spacial score (nSPS) is 14.4. The van der Waals surface area contributed by atoms with Gasteiger partial charge in [0.15, 0.2) is 0 Å². The quantitative estimate of drug-likeness (QED) is 0.750. The van der Waals surface area contributed by atoms with Crippen LogP contribution in [-0.4, -0.2) is 15.1 Å². The minimum Gasteiger partial charge on any atom is -0.388 e. The first-order valence-corrected chi connectivity index (χ1v) is 5.10. The number of rotatable bonds is 1. The van der Waals surface area contributed by atoms with Crippen molar-refractivity contribution in [2.45, 2.75) is 26.9 Å². The number of aromatic nitrogens is 2. The molecule has 1 atom stereocenters. The second-order valence-corrected chi connectivity index (χ2v) is 4.91. The molecule has 0 aliphatic heterocycles. The lowest BCUT2D eigenvalue weighted by molar-refractivity contribution is 0.0639. The third-order valence-electron chi connectivity index (χ3n) is 2.60. The molecular formula is C12H16N2O. The number of hydrogen-bond donors (Lipinski definition) is 2. The van der Waals surface area contributed by atoms with Crippen LogP contribution in [0, 0.1) is 5.41 Å². The molecule has 0 amide bonds. The largest absolute Gasteiger partial charge is 0.388 e. The zero-order chi connectivity index (χ0) is 11.1. The van der Waals surface area contributed by atoms with Gasteiger partial charge >= 0.3 is 0 Å². The Bertz CT molecular complexity index is 468. The summed E-state index contributed by atoms with van der Waals surface area (Å²) in [6.45, 7) is 6.06. The molecule has 0 aromatic carbocycles. The maximum atomic E-state index is 10.2. The number of pyridine rings is 1. The van der Waals surface area contributed by atoms with E-state index >= 15 is 0 Å². The molecule has 2 N–H and O–H groups in total. The van der Waals surface area contributed by atoms with Gasteiger partial charge in [-0.1, -0.05) is 20.8 Å². The molecule has 3 heteroatoms. The number of fused-ring (bicyclic) bond motifs is 1. The lowest BCUT2D eigenvalue weighted by Gasteiger charge is -2.25. The average molecular weight is 204 g/mol. The Morgan fingerprint density at radius 3 is 2.80 bits per heavy atom. The molecule has 0 fully saturated rings. The Labute approximate surface area is 89.2 Å². The summed E-state index contributed by atoms with van der Waals surface area (Å²) in [6, 6.07) is 3.86. The van der Waals surface area contributed by atoms with Crippen molar-refractivity contribution in [3.8, 4) is 0 Å². The van der Waals surface area contributed by atoms with Gasteiger partial charge in [-0.05, 0) is 17.5 Å². The standard InChI is InChI=1S/C12H16N2O/c1-12(2,3)10(15)9-7-14-11-8(9)5-4-6-13-11/h4-7,10,15H,1-3H3,(H,13,14). The topological polar surface area (TPSA) is 48.9 Å². The fourth-order valence-electron chi connectivity index (χ4n) is 1.67. The molecule has 0 saturated carbocycles. The molecule has 2 aromatic heterocycles. The van der Waals surface area contributed by atoms with E-state index in [2.05, 4.69) is 9.97 Å². The third kappa shape index (κ3) is 1.75. The molecule has 15 heavy (non-hydrogen) atoms. The predicted molar refractivity (Wildman–Crippen MR) is 60.5 cm³/mol. The average Bonchev–Trinajstić information content (AvgIpc) is 2.58. The molecule has 0 spiro atoms. The van der Waals surface area contributed by atoms with Crippen molar-refractivity contribution in [1.29, 1.82) is 0 Å². The van der Waals surface area contributed by atoms with Crippen LogP contribution in [0.3, 0.4) is 0 Å². The summed E-state index contributed by atoms with van der Waals surface area (Å²) in [6.07, 6.45) is 3.11. The molecule has 0 radical (unpaired) electrons. The number of aromatic amines is 1. The molecule has 1 unspecified atom stereocenters. The minimum atomic E-state index is -0.476. The van der Waals surface area contributed by atoms with Gasteiger partial charge in [-0.3, -0.25) is 0 Å². The summed E-state index contributed by atoms with van der Waals surface area (Å²) in [5.74, 6) is 0. The van der Waals surface area contributed by atoms with Crippen LogP contribution in [0.4, 0.5) is 0 Å². The molecule has 0 saturated heterocycles. The van der Waals surface area contributed by atoms with Crippen LogP contribution in [0.2, 0.25) is 0 Å². The molecule has 0 aliphatic rings. The van der Waals surface area contributed by atoms with Crippen LogP contribution in [0.5, 0.6) is 0 Å². The highest BCUT2D eigenvalue weighted by Crippen LogP contribution is 2.35. The fourth-order valence-corrected chi connectivity index (χ4v) is 1.67. The summed E-state index contributed by atoms with van der Waals surface area (Å²) in [4.78, 5) is 7.27. The van der Waals surface area contributed by atoms with Gasteiger partial charge in [0.1, 0.15) is 5.65 Å². The van der Waals surface area contributed by atoms with Crippen LogP contribution < -0.4 is 0 Å². The fraction of sp³-hybridized carbons (Fsp3) is 0.417. The van der Waals surface area contributed by atoms with E-state index in [9.17, 15) is 5.11 Å².